The molecule has 2 saturated heterocycles. The first kappa shape index (κ1) is 11.8. The third kappa shape index (κ3) is 2.09. The number of nitrogens with zero attached hydrogens (tertiary/aromatic N) is 1. The second-order valence-electron chi connectivity index (χ2n) is 5.12. The Balaban J connectivity index is 1.91. The van der Waals surface area contributed by atoms with Crippen LogP contribution in [0.3, 0.4) is 0 Å². The summed E-state index contributed by atoms with van der Waals surface area (Å²) in [6.45, 7) is 1.22. The van der Waals surface area contributed by atoms with E-state index >= 15 is 0 Å². The SMILES string of the molecule is Clc1cccc(C2CCC3CCCCN32)c1Cl. The van der Waals surface area contributed by atoms with Crippen LogP contribution < -0.4 is 0 Å². The fourth-order valence-electron chi connectivity index (χ4n) is 3.37. The van der Waals surface area contributed by atoms with E-state index in [4.69, 9.17) is 23.2 Å². The zero-order valence-corrected chi connectivity index (χ0v) is 11.3. The van der Waals surface area contributed by atoms with Crippen LogP contribution in [0.5, 0.6) is 0 Å². The van der Waals surface area contributed by atoms with Crippen molar-refractivity contribution in [2.45, 2.75) is 44.2 Å². The van der Waals surface area contributed by atoms with Crippen LogP contribution in [0.25, 0.3) is 0 Å². The van der Waals surface area contributed by atoms with Gasteiger partial charge in [0.25, 0.3) is 0 Å². The molecule has 2 heterocycles. The van der Waals surface area contributed by atoms with Crippen LogP contribution in [0.2, 0.25) is 10.0 Å². The van der Waals surface area contributed by atoms with Gasteiger partial charge in [-0.25, -0.2) is 0 Å². The van der Waals surface area contributed by atoms with Gasteiger partial charge in [0, 0.05) is 12.1 Å². The summed E-state index contributed by atoms with van der Waals surface area (Å²) in [5.41, 5.74) is 1.23. The van der Waals surface area contributed by atoms with Gasteiger partial charge in [-0.3, -0.25) is 4.90 Å². The summed E-state index contributed by atoms with van der Waals surface area (Å²) in [5.74, 6) is 0. The minimum atomic E-state index is 0.492. The third-order valence-electron chi connectivity index (χ3n) is 4.19. The molecule has 0 spiro atoms. The predicted molar refractivity (Wildman–Crippen MR) is 72.8 cm³/mol. The van der Waals surface area contributed by atoms with Crippen molar-refractivity contribution >= 4 is 23.2 Å². The van der Waals surface area contributed by atoms with Gasteiger partial charge in [0.1, 0.15) is 0 Å². The zero-order chi connectivity index (χ0) is 11.8. The molecular formula is C14H17Cl2N. The smallest absolute Gasteiger partial charge is 0.0640 e. The minimum Gasteiger partial charge on any atom is -0.293 e. The van der Waals surface area contributed by atoms with E-state index in [1.165, 1.54) is 44.2 Å². The average Bonchev–Trinajstić information content (AvgIpc) is 2.77. The summed E-state index contributed by atoms with van der Waals surface area (Å²) in [6.07, 6.45) is 6.61. The number of fused-ring (bicyclic) bond motifs is 1. The normalized spacial score (nSPS) is 29.3. The first-order chi connectivity index (χ1) is 8.27. The minimum absolute atomic E-state index is 0.492. The first-order valence-electron chi connectivity index (χ1n) is 6.47. The van der Waals surface area contributed by atoms with Crippen molar-refractivity contribution in [1.82, 2.24) is 4.90 Å². The van der Waals surface area contributed by atoms with Crippen LogP contribution in [0, 0.1) is 0 Å². The van der Waals surface area contributed by atoms with Crippen molar-refractivity contribution in [2.75, 3.05) is 6.54 Å². The van der Waals surface area contributed by atoms with Crippen molar-refractivity contribution < 1.29 is 0 Å². The predicted octanol–water partition coefficient (Wildman–Crippen LogP) is 4.68. The molecule has 2 unspecified atom stereocenters. The van der Waals surface area contributed by atoms with E-state index in [9.17, 15) is 0 Å². The molecule has 1 nitrogen and oxygen atoms in total. The molecule has 0 N–H and O–H groups in total. The van der Waals surface area contributed by atoms with Crippen LogP contribution in [0.1, 0.15) is 43.7 Å². The molecule has 2 fully saturated rings. The molecule has 0 aromatic heterocycles. The molecule has 0 radical (unpaired) electrons. The molecule has 0 saturated carbocycles. The molecule has 0 bridgehead atoms. The van der Waals surface area contributed by atoms with Gasteiger partial charge in [-0.2, -0.15) is 0 Å². The summed E-state index contributed by atoms with van der Waals surface area (Å²) >= 11 is 12.5. The fourth-order valence-corrected chi connectivity index (χ4v) is 3.81. The molecule has 2 aliphatic heterocycles. The highest BCUT2D eigenvalue weighted by atomic mass is 35.5. The van der Waals surface area contributed by atoms with E-state index in [0.717, 1.165) is 11.1 Å². The Morgan fingerprint density at radius 1 is 1.06 bits per heavy atom. The number of rotatable bonds is 1. The largest absolute Gasteiger partial charge is 0.293 e. The van der Waals surface area contributed by atoms with Gasteiger partial charge in [-0.05, 0) is 43.9 Å². The Labute approximate surface area is 113 Å². The van der Waals surface area contributed by atoms with Crippen LogP contribution in [-0.4, -0.2) is 17.5 Å². The lowest BCUT2D eigenvalue weighted by atomic mass is 10.0. The van der Waals surface area contributed by atoms with Gasteiger partial charge in [0.05, 0.1) is 10.0 Å². The van der Waals surface area contributed by atoms with Gasteiger partial charge >= 0.3 is 0 Å². The maximum absolute atomic E-state index is 6.35. The molecule has 17 heavy (non-hydrogen) atoms. The summed E-state index contributed by atoms with van der Waals surface area (Å²) in [5, 5.41) is 1.44. The highest BCUT2D eigenvalue weighted by Crippen LogP contribution is 2.43. The average molecular weight is 270 g/mol. The van der Waals surface area contributed by atoms with E-state index < -0.39 is 0 Å². The first-order valence-corrected chi connectivity index (χ1v) is 7.22. The lowest BCUT2D eigenvalue weighted by Crippen LogP contribution is -2.35. The maximum atomic E-state index is 6.35. The molecule has 3 heteroatoms. The van der Waals surface area contributed by atoms with E-state index in [-0.39, 0.29) is 0 Å². The number of halogens is 2. The number of hydrogen-bond donors (Lipinski definition) is 0. The Morgan fingerprint density at radius 2 is 1.94 bits per heavy atom. The van der Waals surface area contributed by atoms with Crippen LogP contribution in [0.15, 0.2) is 18.2 Å². The van der Waals surface area contributed by atoms with Crippen molar-refractivity contribution in [2.24, 2.45) is 0 Å². The second kappa shape index (κ2) is 4.79. The Morgan fingerprint density at radius 3 is 2.82 bits per heavy atom. The topological polar surface area (TPSA) is 3.24 Å². The van der Waals surface area contributed by atoms with E-state index in [1.54, 1.807) is 0 Å². The van der Waals surface area contributed by atoms with Gasteiger partial charge in [0.2, 0.25) is 0 Å². The van der Waals surface area contributed by atoms with Gasteiger partial charge < -0.3 is 0 Å². The summed E-state index contributed by atoms with van der Waals surface area (Å²) < 4.78 is 0. The highest BCUT2D eigenvalue weighted by molar-refractivity contribution is 6.42. The zero-order valence-electron chi connectivity index (χ0n) is 9.83. The van der Waals surface area contributed by atoms with Gasteiger partial charge in [-0.15, -0.1) is 0 Å². The molecule has 2 atom stereocenters. The molecule has 3 rings (SSSR count). The van der Waals surface area contributed by atoms with Crippen molar-refractivity contribution in [3.63, 3.8) is 0 Å². The van der Waals surface area contributed by atoms with E-state index in [0.29, 0.717) is 11.1 Å². The van der Waals surface area contributed by atoms with Crippen molar-refractivity contribution in [3.8, 4) is 0 Å². The molecular weight excluding hydrogens is 253 g/mol. The lowest BCUT2D eigenvalue weighted by Gasteiger charge is -2.34. The molecule has 1 aromatic carbocycles. The van der Waals surface area contributed by atoms with Crippen LogP contribution in [-0.2, 0) is 0 Å². The standard InChI is InChI=1S/C14H17Cl2N/c15-12-6-3-5-11(14(12)16)13-8-7-10-4-1-2-9-17(10)13/h3,5-6,10,13H,1-2,4,7-9H2. The summed E-state index contributed by atoms with van der Waals surface area (Å²) in [6, 6.07) is 7.29. The molecule has 0 amide bonds. The molecule has 92 valence electrons. The fraction of sp³-hybridized carbons (Fsp3) is 0.571. The molecule has 2 aliphatic rings. The highest BCUT2D eigenvalue weighted by Gasteiger charge is 2.36. The number of hydrogen-bond acceptors (Lipinski definition) is 1. The van der Waals surface area contributed by atoms with Crippen LogP contribution >= 0.6 is 23.2 Å². The second-order valence-corrected chi connectivity index (χ2v) is 5.91. The lowest BCUT2D eigenvalue weighted by molar-refractivity contribution is 0.150. The van der Waals surface area contributed by atoms with Gasteiger partial charge in [0.15, 0.2) is 0 Å². The summed E-state index contributed by atoms with van der Waals surface area (Å²) in [7, 11) is 0. The van der Waals surface area contributed by atoms with E-state index in [1.807, 2.05) is 12.1 Å². The molecule has 1 aromatic rings. The molecule has 0 aliphatic carbocycles. The summed E-state index contributed by atoms with van der Waals surface area (Å²) in [4.78, 5) is 2.64. The maximum Gasteiger partial charge on any atom is 0.0640 e. The van der Waals surface area contributed by atoms with Crippen LogP contribution in [0.4, 0.5) is 0 Å². The third-order valence-corrected chi connectivity index (χ3v) is 5.02. The quantitative estimate of drug-likeness (QED) is 0.716. The van der Waals surface area contributed by atoms with Crippen molar-refractivity contribution in [3.05, 3.63) is 33.8 Å². The number of piperidine rings is 1. The Hall–Kier alpha value is -0.240. The van der Waals surface area contributed by atoms with E-state index in [2.05, 4.69) is 11.0 Å². The Bertz CT molecular complexity index is 419. The van der Waals surface area contributed by atoms with Crippen molar-refractivity contribution in [1.29, 1.82) is 0 Å². The van der Waals surface area contributed by atoms with Gasteiger partial charge in [-0.1, -0.05) is 41.8 Å². The number of benzene rings is 1. The monoisotopic (exact) mass is 269 g/mol. The Kier molecular flexibility index (Phi) is 3.34.